The van der Waals surface area contributed by atoms with Crippen molar-refractivity contribution in [2.75, 3.05) is 26.2 Å². The standard InChI is InChI=1S/C4H13N3.Fe.H3N/c5-1-3-7-4-2-6;;/h7H,1-6H2;;1H3/q;+2;. The summed E-state index contributed by atoms with van der Waals surface area (Å²) < 4.78 is 0. The maximum absolute atomic E-state index is 5.17. The fraction of sp³-hybridized carbons (Fsp3) is 1.00. The van der Waals surface area contributed by atoms with Crippen LogP contribution in [0.4, 0.5) is 0 Å². The molecule has 0 aromatic rings. The summed E-state index contributed by atoms with van der Waals surface area (Å²) >= 11 is 0. The third kappa shape index (κ3) is 17.8. The summed E-state index contributed by atoms with van der Waals surface area (Å²) in [6.45, 7) is 3.13. The van der Waals surface area contributed by atoms with Crippen molar-refractivity contribution in [3.8, 4) is 0 Å². The van der Waals surface area contributed by atoms with Crippen LogP contribution in [0.3, 0.4) is 0 Å². The summed E-state index contributed by atoms with van der Waals surface area (Å²) in [5.74, 6) is 0. The molecule has 0 amide bonds. The molecule has 0 radical (unpaired) electrons. The van der Waals surface area contributed by atoms with Gasteiger partial charge < -0.3 is 22.9 Å². The van der Waals surface area contributed by atoms with E-state index >= 15 is 0 Å². The monoisotopic (exact) mass is 176 g/mol. The van der Waals surface area contributed by atoms with E-state index < -0.39 is 0 Å². The van der Waals surface area contributed by atoms with Gasteiger partial charge >= 0.3 is 17.1 Å². The molecule has 4 nitrogen and oxygen atoms in total. The van der Waals surface area contributed by atoms with Gasteiger partial charge in [-0.15, -0.1) is 0 Å². The molecule has 0 aromatic heterocycles. The van der Waals surface area contributed by atoms with Crippen LogP contribution in [0.5, 0.6) is 0 Å². The maximum Gasteiger partial charge on any atom is 2.00 e. The van der Waals surface area contributed by atoms with Crippen molar-refractivity contribution in [2.45, 2.75) is 0 Å². The van der Waals surface area contributed by atoms with Crippen molar-refractivity contribution < 1.29 is 17.1 Å². The molecule has 0 atom stereocenters. The van der Waals surface area contributed by atoms with Gasteiger partial charge in [0, 0.05) is 26.2 Å². The summed E-state index contributed by atoms with van der Waals surface area (Å²) in [5.41, 5.74) is 10.3. The molecule has 8 N–H and O–H groups in total. The molecule has 0 heterocycles. The average Bonchev–Trinajstić information content (AvgIpc) is 1.69. The molecule has 0 aliphatic rings. The molecule has 0 fully saturated rings. The first kappa shape index (κ1) is 16.2. The zero-order chi connectivity index (χ0) is 5.54. The predicted octanol–water partition coefficient (Wildman–Crippen LogP) is -1.35. The fourth-order valence-corrected chi connectivity index (χ4v) is 0.329. The zero-order valence-corrected chi connectivity index (χ0v) is 6.65. The van der Waals surface area contributed by atoms with Crippen LogP contribution in [0.1, 0.15) is 0 Å². The van der Waals surface area contributed by atoms with Crippen LogP contribution >= 0.6 is 0 Å². The summed E-state index contributed by atoms with van der Waals surface area (Å²) in [7, 11) is 0. The van der Waals surface area contributed by atoms with Crippen LogP contribution in [-0.4, -0.2) is 26.2 Å². The second kappa shape index (κ2) is 15.8. The molecule has 0 rings (SSSR count). The minimum atomic E-state index is 0. The first-order valence-corrected chi connectivity index (χ1v) is 2.52. The molecular weight excluding hydrogens is 160 g/mol. The molecule has 0 aliphatic heterocycles. The Morgan fingerprint density at radius 3 is 1.56 bits per heavy atom. The minimum Gasteiger partial charge on any atom is -0.344 e. The van der Waals surface area contributed by atoms with E-state index in [-0.39, 0.29) is 23.2 Å². The van der Waals surface area contributed by atoms with Gasteiger partial charge in [0.15, 0.2) is 0 Å². The van der Waals surface area contributed by atoms with E-state index in [0.29, 0.717) is 13.1 Å². The van der Waals surface area contributed by atoms with E-state index in [0.717, 1.165) is 13.1 Å². The number of nitrogens with one attached hydrogen (secondary N) is 1. The largest absolute Gasteiger partial charge is 2.00 e. The normalized spacial score (nSPS) is 7.33. The molecular formula is C4H16FeN4+2. The first-order valence-electron chi connectivity index (χ1n) is 2.52. The van der Waals surface area contributed by atoms with Gasteiger partial charge in [-0.25, -0.2) is 0 Å². The van der Waals surface area contributed by atoms with Crippen molar-refractivity contribution in [3.05, 3.63) is 0 Å². The van der Waals surface area contributed by atoms with Gasteiger partial charge in [-0.1, -0.05) is 0 Å². The second-order valence-corrected chi connectivity index (χ2v) is 1.33. The average molecular weight is 176 g/mol. The summed E-state index contributed by atoms with van der Waals surface area (Å²) in [6.07, 6.45) is 0. The topological polar surface area (TPSA) is 99.1 Å². The quantitative estimate of drug-likeness (QED) is 0.314. The Kier molecular flexibility index (Phi) is 28.3. The molecule has 0 unspecified atom stereocenters. The van der Waals surface area contributed by atoms with E-state index in [4.69, 9.17) is 11.5 Å². The van der Waals surface area contributed by atoms with E-state index in [9.17, 15) is 0 Å². The minimum absolute atomic E-state index is 0. The molecule has 0 aromatic carbocycles. The third-order valence-electron chi connectivity index (χ3n) is 0.642. The second-order valence-electron chi connectivity index (χ2n) is 1.33. The van der Waals surface area contributed by atoms with Gasteiger partial charge in [0.1, 0.15) is 0 Å². The Bertz CT molecular complexity index is 31.7. The summed E-state index contributed by atoms with van der Waals surface area (Å²) in [4.78, 5) is 0. The molecule has 58 valence electrons. The molecule has 5 heteroatoms. The Morgan fingerprint density at radius 2 is 1.33 bits per heavy atom. The van der Waals surface area contributed by atoms with Crippen LogP contribution in [0, 0.1) is 0 Å². The van der Waals surface area contributed by atoms with Gasteiger partial charge in [0.05, 0.1) is 0 Å². The van der Waals surface area contributed by atoms with Gasteiger partial charge in [-0.3, -0.25) is 0 Å². The zero-order valence-electron chi connectivity index (χ0n) is 5.54. The number of nitrogens with two attached hydrogens (primary N) is 2. The van der Waals surface area contributed by atoms with E-state index in [2.05, 4.69) is 5.32 Å². The smallest absolute Gasteiger partial charge is 0.344 e. The van der Waals surface area contributed by atoms with E-state index in [1.54, 1.807) is 0 Å². The van der Waals surface area contributed by atoms with Gasteiger partial charge in [0.25, 0.3) is 0 Å². The Labute approximate surface area is 66.8 Å². The van der Waals surface area contributed by atoms with E-state index in [1.165, 1.54) is 0 Å². The number of hydrogen-bond donors (Lipinski definition) is 4. The van der Waals surface area contributed by atoms with Crippen LogP contribution in [0.2, 0.25) is 0 Å². The first-order chi connectivity index (χ1) is 3.41. The third-order valence-corrected chi connectivity index (χ3v) is 0.642. The Hall–Kier alpha value is 0.359. The van der Waals surface area contributed by atoms with Crippen LogP contribution in [0.25, 0.3) is 0 Å². The van der Waals surface area contributed by atoms with Crippen LogP contribution < -0.4 is 22.9 Å². The van der Waals surface area contributed by atoms with Crippen molar-refractivity contribution in [1.29, 1.82) is 0 Å². The van der Waals surface area contributed by atoms with Gasteiger partial charge in [-0.05, 0) is 0 Å². The van der Waals surface area contributed by atoms with Crippen LogP contribution in [-0.2, 0) is 17.1 Å². The SMILES string of the molecule is N.NCCNCCN.[Fe+2]. The fourth-order valence-electron chi connectivity index (χ4n) is 0.329. The maximum atomic E-state index is 5.17. The molecule has 0 saturated carbocycles. The molecule has 0 aliphatic carbocycles. The molecule has 0 spiro atoms. The number of hydrogen-bond acceptors (Lipinski definition) is 4. The van der Waals surface area contributed by atoms with Crippen molar-refractivity contribution in [3.63, 3.8) is 0 Å². The van der Waals surface area contributed by atoms with Gasteiger partial charge in [-0.2, -0.15) is 0 Å². The molecule has 9 heavy (non-hydrogen) atoms. The van der Waals surface area contributed by atoms with Crippen molar-refractivity contribution in [1.82, 2.24) is 11.5 Å². The molecule has 0 bridgehead atoms. The van der Waals surface area contributed by atoms with Crippen molar-refractivity contribution in [2.24, 2.45) is 11.5 Å². The van der Waals surface area contributed by atoms with Gasteiger partial charge in [0.2, 0.25) is 0 Å². The number of rotatable bonds is 4. The Balaban J connectivity index is -0.000000180. The summed E-state index contributed by atoms with van der Waals surface area (Å²) in [6, 6.07) is 0. The van der Waals surface area contributed by atoms with Crippen LogP contribution in [0.15, 0.2) is 0 Å². The van der Waals surface area contributed by atoms with E-state index in [1.807, 2.05) is 0 Å². The summed E-state index contributed by atoms with van der Waals surface area (Å²) in [5, 5.41) is 3.03. The Morgan fingerprint density at radius 1 is 1.00 bits per heavy atom. The predicted molar refractivity (Wildman–Crippen MR) is 36.0 cm³/mol. The molecule has 0 saturated heterocycles. The van der Waals surface area contributed by atoms with Crippen molar-refractivity contribution >= 4 is 0 Å².